The molecule has 1 aliphatic rings. The molecule has 130 valence electrons. The van der Waals surface area contributed by atoms with Gasteiger partial charge < -0.3 is 15.2 Å². The number of carbonyl (C=O) groups excluding carboxylic acids is 2. The largest absolute Gasteiger partial charge is 0.481 e. The van der Waals surface area contributed by atoms with Gasteiger partial charge in [-0.3, -0.25) is 9.63 Å². The van der Waals surface area contributed by atoms with Crippen molar-refractivity contribution in [1.82, 2.24) is 5.32 Å². The summed E-state index contributed by atoms with van der Waals surface area (Å²) in [5.41, 5.74) is -0.0455. The lowest BCUT2D eigenvalue weighted by Crippen LogP contribution is -2.32. The molecule has 1 fully saturated rings. The maximum atomic E-state index is 11.5. The lowest BCUT2D eigenvalue weighted by atomic mass is 9.82. The predicted octanol–water partition coefficient (Wildman–Crippen LogP) is 1.93. The first kappa shape index (κ1) is 18.9. The zero-order valence-electron chi connectivity index (χ0n) is 13.7. The Balaban J connectivity index is 2.27. The summed E-state index contributed by atoms with van der Waals surface area (Å²) in [7, 11) is 0. The number of oxime groups is 1. The van der Waals surface area contributed by atoms with E-state index in [0.29, 0.717) is 19.4 Å². The van der Waals surface area contributed by atoms with Gasteiger partial charge in [0.2, 0.25) is 0 Å². The average Bonchev–Trinajstić information content (AvgIpc) is 2.50. The van der Waals surface area contributed by atoms with Gasteiger partial charge in [-0.1, -0.05) is 5.16 Å². The Kier molecular flexibility index (Phi) is 7.50. The fraction of sp³-hybridized carbons (Fsp3) is 0.733. The van der Waals surface area contributed by atoms with Crippen molar-refractivity contribution in [2.24, 2.45) is 17.0 Å². The van der Waals surface area contributed by atoms with Gasteiger partial charge in [0.05, 0.1) is 12.0 Å². The van der Waals surface area contributed by atoms with Gasteiger partial charge in [-0.15, -0.1) is 0 Å². The van der Waals surface area contributed by atoms with E-state index in [9.17, 15) is 14.4 Å². The first-order valence-electron chi connectivity index (χ1n) is 7.72. The van der Waals surface area contributed by atoms with E-state index in [4.69, 9.17) is 9.84 Å². The zero-order chi connectivity index (χ0) is 17.4. The molecule has 1 saturated carbocycles. The van der Waals surface area contributed by atoms with Crippen molar-refractivity contribution in [2.45, 2.75) is 52.6 Å². The Morgan fingerprint density at radius 3 is 2.35 bits per heavy atom. The van der Waals surface area contributed by atoms with Crippen molar-refractivity contribution in [1.29, 1.82) is 0 Å². The van der Waals surface area contributed by atoms with Crippen molar-refractivity contribution in [2.75, 3.05) is 6.54 Å². The number of amides is 1. The minimum absolute atomic E-state index is 0.0455. The molecule has 1 aliphatic carbocycles. The molecule has 0 aliphatic heterocycles. The number of nitrogens with zero attached hydrogens (tertiary/aromatic N) is 1. The van der Waals surface area contributed by atoms with Gasteiger partial charge in [-0.2, -0.15) is 0 Å². The number of carboxylic acids is 1. The van der Waals surface area contributed by atoms with Crippen LogP contribution in [-0.4, -0.2) is 41.5 Å². The van der Waals surface area contributed by atoms with Crippen LogP contribution in [0.4, 0.5) is 4.79 Å². The molecular weight excluding hydrogens is 304 g/mol. The van der Waals surface area contributed by atoms with E-state index in [0.717, 1.165) is 12.8 Å². The highest BCUT2D eigenvalue weighted by atomic mass is 16.7. The number of esters is 1. The third kappa shape index (κ3) is 7.12. The van der Waals surface area contributed by atoms with E-state index in [2.05, 4.69) is 15.3 Å². The van der Waals surface area contributed by atoms with Crippen molar-refractivity contribution >= 4 is 23.7 Å². The molecular formula is C15H24N2O6. The van der Waals surface area contributed by atoms with Crippen LogP contribution < -0.4 is 5.32 Å². The van der Waals surface area contributed by atoms with E-state index in [1.165, 1.54) is 6.92 Å². The lowest BCUT2D eigenvalue weighted by molar-refractivity contribution is -0.143. The standard InChI is InChI=1S/C15H24N2O6/c1-9(2)22-14(20)10(3)17-23-15(21)16-8-11-4-6-12(7-5-11)13(18)19/h9,11-12H,4-8H2,1-3H3,(H,16,21)(H,18,19). The number of rotatable bonds is 6. The third-order valence-corrected chi connectivity index (χ3v) is 3.63. The number of hydrogen-bond acceptors (Lipinski definition) is 6. The van der Waals surface area contributed by atoms with Crippen LogP contribution in [0.15, 0.2) is 5.16 Å². The van der Waals surface area contributed by atoms with Gasteiger partial charge in [0.25, 0.3) is 0 Å². The second-order valence-corrected chi connectivity index (χ2v) is 5.95. The summed E-state index contributed by atoms with van der Waals surface area (Å²) in [5, 5.41) is 14.9. The monoisotopic (exact) mass is 328 g/mol. The number of hydrogen-bond donors (Lipinski definition) is 2. The van der Waals surface area contributed by atoms with E-state index in [1.54, 1.807) is 13.8 Å². The maximum Gasteiger partial charge on any atom is 0.433 e. The molecule has 0 atom stereocenters. The molecule has 0 unspecified atom stereocenters. The molecule has 0 aromatic rings. The fourth-order valence-corrected chi connectivity index (χ4v) is 2.32. The minimum Gasteiger partial charge on any atom is -0.481 e. The first-order valence-corrected chi connectivity index (χ1v) is 7.72. The van der Waals surface area contributed by atoms with Gasteiger partial charge >= 0.3 is 18.0 Å². The van der Waals surface area contributed by atoms with E-state index >= 15 is 0 Å². The summed E-state index contributed by atoms with van der Waals surface area (Å²) in [4.78, 5) is 38.4. The minimum atomic E-state index is -0.756. The number of ether oxygens (including phenoxy) is 1. The van der Waals surface area contributed by atoms with Crippen molar-refractivity contribution in [3.8, 4) is 0 Å². The number of carbonyl (C=O) groups is 3. The molecule has 23 heavy (non-hydrogen) atoms. The Labute approximate surface area is 135 Å². The summed E-state index contributed by atoms with van der Waals surface area (Å²) in [6, 6.07) is 0. The first-order chi connectivity index (χ1) is 10.8. The Morgan fingerprint density at radius 2 is 1.83 bits per heavy atom. The van der Waals surface area contributed by atoms with Crippen molar-refractivity contribution in [3.63, 3.8) is 0 Å². The molecule has 0 radical (unpaired) electrons. The maximum absolute atomic E-state index is 11.5. The van der Waals surface area contributed by atoms with Gasteiger partial charge in [0.1, 0.15) is 0 Å². The second kappa shape index (κ2) is 9.12. The van der Waals surface area contributed by atoms with Crippen molar-refractivity contribution < 1.29 is 29.1 Å². The van der Waals surface area contributed by atoms with Crippen LogP contribution in [0.3, 0.4) is 0 Å². The molecule has 1 rings (SSSR count). The number of nitrogens with one attached hydrogen (secondary N) is 1. The Bertz CT molecular complexity index is 467. The van der Waals surface area contributed by atoms with Gasteiger partial charge in [-0.05, 0) is 52.4 Å². The van der Waals surface area contributed by atoms with Crippen LogP contribution >= 0.6 is 0 Å². The summed E-state index contributed by atoms with van der Waals surface area (Å²) in [5.74, 6) is -1.44. The summed E-state index contributed by atoms with van der Waals surface area (Å²) < 4.78 is 4.90. The number of aliphatic carboxylic acids is 1. The molecule has 0 aromatic carbocycles. The van der Waals surface area contributed by atoms with Crippen LogP contribution in [0.5, 0.6) is 0 Å². The summed E-state index contributed by atoms with van der Waals surface area (Å²) in [6.45, 7) is 5.21. The van der Waals surface area contributed by atoms with E-state index < -0.39 is 18.0 Å². The molecule has 8 heteroatoms. The number of carboxylic acid groups (broad SMARTS) is 1. The quantitative estimate of drug-likeness (QED) is 0.333. The molecule has 2 N–H and O–H groups in total. The zero-order valence-corrected chi connectivity index (χ0v) is 13.7. The van der Waals surface area contributed by atoms with Crippen molar-refractivity contribution in [3.05, 3.63) is 0 Å². The topological polar surface area (TPSA) is 114 Å². The predicted molar refractivity (Wildman–Crippen MR) is 81.9 cm³/mol. The van der Waals surface area contributed by atoms with Crippen LogP contribution in [0.25, 0.3) is 0 Å². The van der Waals surface area contributed by atoms with Crippen LogP contribution in [0.1, 0.15) is 46.5 Å². The van der Waals surface area contributed by atoms with Crippen LogP contribution in [-0.2, 0) is 19.2 Å². The summed E-state index contributed by atoms with van der Waals surface area (Å²) >= 11 is 0. The SMILES string of the molecule is CC(=NOC(=O)NCC1CCC(C(=O)O)CC1)C(=O)OC(C)C. The molecule has 0 aromatic heterocycles. The average molecular weight is 328 g/mol. The third-order valence-electron chi connectivity index (χ3n) is 3.63. The normalized spacial score (nSPS) is 21.7. The lowest BCUT2D eigenvalue weighted by Gasteiger charge is -2.25. The Morgan fingerprint density at radius 1 is 1.22 bits per heavy atom. The Hall–Kier alpha value is -2.12. The molecule has 0 saturated heterocycles. The van der Waals surface area contributed by atoms with Gasteiger partial charge in [-0.25, -0.2) is 9.59 Å². The highest BCUT2D eigenvalue weighted by molar-refractivity contribution is 6.35. The smallest absolute Gasteiger partial charge is 0.433 e. The van der Waals surface area contributed by atoms with Crippen LogP contribution in [0.2, 0.25) is 0 Å². The van der Waals surface area contributed by atoms with E-state index in [1.807, 2.05) is 0 Å². The molecule has 1 amide bonds. The fourth-order valence-electron chi connectivity index (χ4n) is 2.32. The van der Waals surface area contributed by atoms with Crippen LogP contribution in [0, 0.1) is 11.8 Å². The van der Waals surface area contributed by atoms with E-state index in [-0.39, 0.29) is 23.7 Å². The summed E-state index contributed by atoms with van der Waals surface area (Å²) in [6.07, 6.45) is 1.72. The molecule has 0 bridgehead atoms. The molecule has 0 heterocycles. The highest BCUT2D eigenvalue weighted by Crippen LogP contribution is 2.28. The molecule has 0 spiro atoms. The highest BCUT2D eigenvalue weighted by Gasteiger charge is 2.26. The molecule has 8 nitrogen and oxygen atoms in total. The van der Waals surface area contributed by atoms with Gasteiger partial charge in [0.15, 0.2) is 5.71 Å². The second-order valence-electron chi connectivity index (χ2n) is 5.95. The van der Waals surface area contributed by atoms with Gasteiger partial charge in [0, 0.05) is 6.54 Å².